The highest BCUT2D eigenvalue weighted by atomic mass is 16.7. The maximum Gasteiger partial charge on any atom is 0.331 e. The van der Waals surface area contributed by atoms with Crippen LogP contribution in [-0.4, -0.2) is 70.3 Å². The van der Waals surface area contributed by atoms with Gasteiger partial charge in [-0.05, 0) is 39.2 Å². The molecule has 1 spiro atoms. The third-order valence-electron chi connectivity index (χ3n) is 6.98. The monoisotopic (exact) mass is 600 g/mol. The van der Waals surface area contributed by atoms with E-state index in [-0.39, 0.29) is 17.6 Å². The third kappa shape index (κ3) is 7.75. The van der Waals surface area contributed by atoms with Gasteiger partial charge in [0.05, 0.1) is 30.8 Å². The van der Waals surface area contributed by atoms with Gasteiger partial charge >= 0.3 is 23.9 Å². The summed E-state index contributed by atoms with van der Waals surface area (Å²) in [6, 6.07) is 0. The lowest BCUT2D eigenvalue weighted by Crippen LogP contribution is -2.65. The van der Waals surface area contributed by atoms with Crippen molar-refractivity contribution in [3.8, 4) is 0 Å². The zero-order valence-corrected chi connectivity index (χ0v) is 24.5. The second-order valence-corrected chi connectivity index (χ2v) is 10.4. The molecule has 2 unspecified atom stereocenters. The van der Waals surface area contributed by atoms with Crippen molar-refractivity contribution in [1.82, 2.24) is 0 Å². The Kier molecular flexibility index (Phi) is 11.0. The van der Waals surface area contributed by atoms with Gasteiger partial charge < -0.3 is 28.8 Å². The summed E-state index contributed by atoms with van der Waals surface area (Å²) in [6.07, 6.45) is 9.93. The number of rotatable bonds is 11. The lowest BCUT2D eigenvalue weighted by Gasteiger charge is -2.50. The van der Waals surface area contributed by atoms with Gasteiger partial charge in [0.25, 0.3) is 5.79 Å². The molecule has 0 aromatic rings. The van der Waals surface area contributed by atoms with E-state index in [0.29, 0.717) is 6.42 Å². The summed E-state index contributed by atoms with van der Waals surface area (Å²) in [5, 5.41) is 8.96. The molecular formula is C31H36O12. The first-order valence-corrected chi connectivity index (χ1v) is 14.0. The van der Waals surface area contributed by atoms with Gasteiger partial charge in [0.15, 0.2) is 12.2 Å². The summed E-state index contributed by atoms with van der Waals surface area (Å²) >= 11 is 0. The molecule has 0 amide bonds. The number of unbranched alkanes of at least 4 members (excludes halogenated alkanes) is 1. The minimum Gasteiger partial charge on any atom is -0.481 e. The van der Waals surface area contributed by atoms with Gasteiger partial charge in [-0.2, -0.15) is 0 Å². The van der Waals surface area contributed by atoms with Crippen molar-refractivity contribution in [2.45, 2.75) is 95.9 Å². The predicted molar refractivity (Wildman–Crippen MR) is 149 cm³/mol. The van der Waals surface area contributed by atoms with Gasteiger partial charge in [-0.25, -0.2) is 4.79 Å². The molecule has 1 saturated heterocycles. The Morgan fingerprint density at radius 1 is 1.07 bits per heavy atom. The Morgan fingerprint density at radius 3 is 2.47 bits per heavy atom. The number of carboxylic acids is 1. The molecule has 1 N–H and O–H groups in total. The van der Waals surface area contributed by atoms with Gasteiger partial charge in [0.2, 0.25) is 17.2 Å². The molecule has 43 heavy (non-hydrogen) atoms. The first kappa shape index (κ1) is 33.2. The maximum atomic E-state index is 13.5. The molecule has 0 bridgehead atoms. The first-order chi connectivity index (χ1) is 20.3. The van der Waals surface area contributed by atoms with E-state index < -0.39 is 78.0 Å². The highest BCUT2D eigenvalue weighted by Crippen LogP contribution is 2.46. The number of ketones is 2. The summed E-state index contributed by atoms with van der Waals surface area (Å²) in [5.41, 5.74) is -2.47. The molecule has 232 valence electrons. The van der Waals surface area contributed by atoms with E-state index in [4.69, 9.17) is 28.8 Å². The number of aliphatic carboxylic acids is 1. The summed E-state index contributed by atoms with van der Waals surface area (Å²) in [5.74, 6) is -7.62. The second-order valence-electron chi connectivity index (χ2n) is 10.4. The van der Waals surface area contributed by atoms with Crippen molar-refractivity contribution >= 4 is 35.4 Å². The van der Waals surface area contributed by atoms with E-state index in [2.05, 4.69) is 0 Å². The summed E-state index contributed by atoms with van der Waals surface area (Å²) in [6.45, 7) is 5.96. The number of fused-ring (bicyclic) bond motifs is 1. The standard InChI is InChI=1S/C31H36O12/c1-5-6-7-8-9-10-11-12-26(36)41-29-21-17-23(33)30(4,43-20(3)32)28(38)22(21)18-39-31(29)24(14-13-19(2)42-31)40-27(37)16-15-25(34)35/h7-12,17-19,24,29H,5-6,13-16H2,1-4H3,(H,34,35)/b8-7+,10-9+,12-11+/t19-,24+,29-,30?,31?/m1/s1. The number of carboxylic acid groups (broad SMARTS) is 1. The van der Waals surface area contributed by atoms with Crippen LogP contribution in [0.3, 0.4) is 0 Å². The number of carbonyl (C=O) groups is 6. The smallest absolute Gasteiger partial charge is 0.331 e. The van der Waals surface area contributed by atoms with Crippen LogP contribution in [0.15, 0.2) is 59.9 Å². The van der Waals surface area contributed by atoms with E-state index in [1.165, 1.54) is 6.08 Å². The average molecular weight is 601 g/mol. The van der Waals surface area contributed by atoms with Crippen LogP contribution in [0.2, 0.25) is 0 Å². The molecule has 1 fully saturated rings. The van der Waals surface area contributed by atoms with E-state index in [9.17, 15) is 28.8 Å². The molecule has 3 aliphatic rings. The van der Waals surface area contributed by atoms with Crippen LogP contribution in [0.4, 0.5) is 0 Å². The molecule has 3 rings (SSSR count). The van der Waals surface area contributed by atoms with E-state index >= 15 is 0 Å². The van der Waals surface area contributed by atoms with Crippen molar-refractivity contribution in [3.05, 3.63) is 59.9 Å². The summed E-state index contributed by atoms with van der Waals surface area (Å²) in [7, 11) is 0. The second kappa shape index (κ2) is 14.2. The van der Waals surface area contributed by atoms with E-state index in [1.807, 2.05) is 19.1 Å². The van der Waals surface area contributed by atoms with Crippen molar-refractivity contribution < 1.29 is 57.6 Å². The molecule has 12 nitrogen and oxygen atoms in total. The van der Waals surface area contributed by atoms with Crippen LogP contribution in [-0.2, 0) is 52.5 Å². The predicted octanol–water partition coefficient (Wildman–Crippen LogP) is 3.35. The highest BCUT2D eigenvalue weighted by molar-refractivity contribution is 6.26. The fourth-order valence-electron chi connectivity index (χ4n) is 4.85. The van der Waals surface area contributed by atoms with Crippen molar-refractivity contribution in [1.29, 1.82) is 0 Å². The Hall–Kier alpha value is -4.32. The highest BCUT2D eigenvalue weighted by Gasteiger charge is 2.63. The lowest BCUT2D eigenvalue weighted by molar-refractivity contribution is -0.333. The van der Waals surface area contributed by atoms with Gasteiger partial charge in [0, 0.05) is 18.6 Å². The van der Waals surface area contributed by atoms with Crippen molar-refractivity contribution in [2.75, 3.05) is 0 Å². The summed E-state index contributed by atoms with van der Waals surface area (Å²) in [4.78, 5) is 75.0. The fourth-order valence-corrected chi connectivity index (χ4v) is 4.85. The van der Waals surface area contributed by atoms with Gasteiger partial charge in [0.1, 0.15) is 0 Å². The van der Waals surface area contributed by atoms with E-state index in [1.54, 1.807) is 19.1 Å². The molecule has 0 radical (unpaired) electrons. The number of carbonyl (C=O) groups excluding carboxylic acids is 5. The number of hydrogen-bond acceptors (Lipinski definition) is 11. The molecule has 2 aliphatic heterocycles. The SMILES string of the molecule is CCC/C=C/C=C/C=C/C(=O)O[C@@H]1C2=CC(=O)C(C)(OC(C)=O)C(=O)C2=COC12O[C@H](C)CC[C@@H]2OC(=O)CCC(=O)O. The zero-order valence-electron chi connectivity index (χ0n) is 24.5. The van der Waals surface area contributed by atoms with Gasteiger partial charge in [-0.1, -0.05) is 43.7 Å². The minimum absolute atomic E-state index is 0.0913. The molecule has 0 aromatic heterocycles. The molecule has 0 aromatic carbocycles. The Labute approximate surface area is 249 Å². The number of esters is 3. The van der Waals surface area contributed by atoms with Gasteiger partial charge in [-0.3, -0.25) is 24.0 Å². The number of allylic oxidation sites excluding steroid dienone is 5. The van der Waals surface area contributed by atoms with Crippen LogP contribution < -0.4 is 0 Å². The van der Waals surface area contributed by atoms with Crippen LogP contribution in [0, 0.1) is 0 Å². The van der Waals surface area contributed by atoms with Crippen LogP contribution in [0.25, 0.3) is 0 Å². The summed E-state index contributed by atoms with van der Waals surface area (Å²) < 4.78 is 28.6. The molecule has 0 saturated carbocycles. The number of hydrogen-bond donors (Lipinski definition) is 1. The zero-order chi connectivity index (χ0) is 31.8. The quantitative estimate of drug-likeness (QED) is 0.121. The van der Waals surface area contributed by atoms with Crippen LogP contribution in [0.5, 0.6) is 0 Å². The number of Topliss-reactive ketones (excluding diaryl/α,β-unsaturated/α-hetero) is 1. The normalized spacial score (nSPS) is 28.8. The van der Waals surface area contributed by atoms with Crippen molar-refractivity contribution in [3.63, 3.8) is 0 Å². The Morgan fingerprint density at radius 2 is 1.79 bits per heavy atom. The third-order valence-corrected chi connectivity index (χ3v) is 6.98. The van der Waals surface area contributed by atoms with Crippen molar-refractivity contribution in [2.24, 2.45) is 0 Å². The minimum atomic E-state index is -2.18. The largest absolute Gasteiger partial charge is 0.481 e. The van der Waals surface area contributed by atoms with Gasteiger partial charge in [-0.15, -0.1) is 0 Å². The maximum absolute atomic E-state index is 13.5. The molecule has 12 heteroatoms. The Balaban J connectivity index is 2.03. The fraction of sp³-hybridized carbons (Fsp3) is 0.484. The van der Waals surface area contributed by atoms with Crippen LogP contribution >= 0.6 is 0 Å². The molecule has 2 heterocycles. The first-order valence-electron chi connectivity index (χ1n) is 14.0. The van der Waals surface area contributed by atoms with Crippen LogP contribution in [0.1, 0.15) is 66.2 Å². The number of ether oxygens (including phenoxy) is 5. The topological polar surface area (TPSA) is 169 Å². The van der Waals surface area contributed by atoms with E-state index in [0.717, 1.165) is 45.1 Å². The Bertz CT molecular complexity index is 1300. The average Bonchev–Trinajstić information content (AvgIpc) is 2.93. The molecule has 1 aliphatic carbocycles. The molecular weight excluding hydrogens is 564 g/mol. The lowest BCUT2D eigenvalue weighted by atomic mass is 9.75. The molecule has 5 atom stereocenters.